The number of benzene rings is 2. The summed E-state index contributed by atoms with van der Waals surface area (Å²) >= 11 is 1.56. The maximum atomic E-state index is 5.58. The number of fused-ring (bicyclic) bond motifs is 2. The fourth-order valence-electron chi connectivity index (χ4n) is 4.68. The van der Waals surface area contributed by atoms with Crippen molar-refractivity contribution in [3.63, 3.8) is 0 Å². The van der Waals surface area contributed by atoms with Crippen molar-refractivity contribution in [3.05, 3.63) is 64.8 Å². The van der Waals surface area contributed by atoms with Gasteiger partial charge in [-0.3, -0.25) is 0 Å². The molecule has 1 aromatic heterocycles. The van der Waals surface area contributed by atoms with Crippen molar-refractivity contribution in [1.82, 2.24) is 4.68 Å². The third kappa shape index (κ3) is 4.20. The van der Waals surface area contributed by atoms with E-state index in [-0.39, 0.29) is 0 Å². The number of ether oxygens (including phenoxy) is 3. The molecule has 0 N–H and O–H groups in total. The van der Waals surface area contributed by atoms with E-state index in [1.165, 1.54) is 12.8 Å². The van der Waals surface area contributed by atoms with E-state index in [2.05, 4.69) is 23.7 Å². The maximum absolute atomic E-state index is 5.58. The summed E-state index contributed by atoms with van der Waals surface area (Å²) in [4.78, 5) is 5.67. The predicted molar refractivity (Wildman–Crippen MR) is 132 cm³/mol. The summed E-state index contributed by atoms with van der Waals surface area (Å²) in [5, 5.41) is 7.02. The zero-order chi connectivity index (χ0) is 22.8. The summed E-state index contributed by atoms with van der Waals surface area (Å²) in [5.74, 6) is 3.53. The first-order chi connectivity index (χ1) is 16.2. The Hall–Kier alpha value is -3.32. The van der Waals surface area contributed by atoms with Gasteiger partial charge in [0.25, 0.3) is 0 Å². The number of para-hydroxylation sites is 1. The molecule has 33 heavy (non-hydrogen) atoms. The Morgan fingerprint density at radius 3 is 2.33 bits per heavy atom. The molecule has 7 heteroatoms. The van der Waals surface area contributed by atoms with Crippen LogP contribution in [0.1, 0.15) is 12.8 Å². The number of nitrogens with zero attached hydrogens (tertiary/aromatic N) is 3. The average Bonchev–Trinajstić information content (AvgIpc) is 3.58. The second-order valence-electron chi connectivity index (χ2n) is 8.29. The smallest absolute Gasteiger partial charge is 0.211 e. The van der Waals surface area contributed by atoms with Crippen LogP contribution in [0.4, 0.5) is 5.69 Å². The molecule has 1 heterocycles. The van der Waals surface area contributed by atoms with Crippen molar-refractivity contribution >= 4 is 23.2 Å². The van der Waals surface area contributed by atoms with Gasteiger partial charge in [0.05, 0.1) is 32.7 Å². The van der Waals surface area contributed by atoms with E-state index in [9.17, 15) is 0 Å². The number of aromatic nitrogens is 1. The summed E-state index contributed by atoms with van der Waals surface area (Å²) < 4.78 is 18.6. The maximum Gasteiger partial charge on any atom is 0.211 e. The first kappa shape index (κ1) is 21.5. The predicted octanol–water partition coefficient (Wildman–Crippen LogP) is 5.52. The zero-order valence-electron chi connectivity index (χ0n) is 19.0. The number of hydrogen-bond acceptors (Lipinski definition) is 6. The van der Waals surface area contributed by atoms with Gasteiger partial charge in [0.15, 0.2) is 11.5 Å². The fraction of sp³-hybridized carbons (Fsp3) is 0.308. The Labute approximate surface area is 197 Å². The van der Waals surface area contributed by atoms with Gasteiger partial charge in [-0.05, 0) is 48.9 Å². The van der Waals surface area contributed by atoms with Crippen LogP contribution in [0.5, 0.6) is 17.2 Å². The van der Waals surface area contributed by atoms with Gasteiger partial charge in [-0.2, -0.15) is 5.10 Å². The van der Waals surface area contributed by atoms with Gasteiger partial charge < -0.3 is 14.2 Å². The molecule has 2 bridgehead atoms. The highest BCUT2D eigenvalue weighted by Crippen LogP contribution is 2.43. The molecule has 0 saturated heterocycles. The highest BCUT2D eigenvalue weighted by molar-refractivity contribution is 7.07. The molecule has 0 aliphatic heterocycles. The normalized spacial score (nSPS) is 21.8. The van der Waals surface area contributed by atoms with Gasteiger partial charge in [-0.25, -0.2) is 9.67 Å². The minimum atomic E-state index is 0.463. The van der Waals surface area contributed by atoms with E-state index in [1.807, 2.05) is 47.1 Å². The van der Waals surface area contributed by atoms with Crippen molar-refractivity contribution < 1.29 is 14.2 Å². The molecule has 5 rings (SSSR count). The Morgan fingerprint density at radius 1 is 0.970 bits per heavy atom. The molecule has 2 aromatic carbocycles. The van der Waals surface area contributed by atoms with E-state index in [4.69, 9.17) is 24.3 Å². The van der Waals surface area contributed by atoms with Crippen molar-refractivity contribution in [2.75, 3.05) is 21.3 Å². The van der Waals surface area contributed by atoms with Crippen LogP contribution in [0.2, 0.25) is 0 Å². The van der Waals surface area contributed by atoms with Crippen LogP contribution >= 0.6 is 11.3 Å². The van der Waals surface area contributed by atoms with Crippen LogP contribution in [0.25, 0.3) is 11.3 Å². The largest absolute Gasteiger partial charge is 0.493 e. The molecule has 2 aliphatic carbocycles. The molecule has 3 aromatic rings. The van der Waals surface area contributed by atoms with E-state index in [1.54, 1.807) is 32.7 Å². The third-order valence-corrected chi connectivity index (χ3v) is 7.15. The molecule has 3 unspecified atom stereocenters. The first-order valence-electron chi connectivity index (χ1n) is 11.0. The third-order valence-electron chi connectivity index (χ3n) is 6.33. The lowest BCUT2D eigenvalue weighted by atomic mass is 9.95. The number of hydrogen-bond donors (Lipinski definition) is 0. The van der Waals surface area contributed by atoms with Gasteiger partial charge >= 0.3 is 0 Å². The number of rotatable bonds is 7. The van der Waals surface area contributed by atoms with Gasteiger partial charge in [0.1, 0.15) is 0 Å². The van der Waals surface area contributed by atoms with Crippen LogP contribution in [0.3, 0.4) is 0 Å². The molecule has 0 spiro atoms. The number of methoxy groups -OCH3 is 3. The minimum Gasteiger partial charge on any atom is -0.493 e. The van der Waals surface area contributed by atoms with Crippen LogP contribution in [-0.2, 0) is 0 Å². The fourth-order valence-corrected chi connectivity index (χ4v) is 5.53. The molecule has 1 fully saturated rings. The molecule has 6 nitrogen and oxygen atoms in total. The minimum absolute atomic E-state index is 0.463. The molecule has 0 amide bonds. The molecular formula is C26H27N3O3S. The van der Waals surface area contributed by atoms with E-state index < -0.39 is 0 Å². The number of allylic oxidation sites excluding steroid dienone is 2. The van der Waals surface area contributed by atoms with E-state index >= 15 is 0 Å². The van der Waals surface area contributed by atoms with E-state index in [0.717, 1.165) is 21.7 Å². The molecular weight excluding hydrogens is 434 g/mol. The molecule has 2 aliphatic rings. The van der Waals surface area contributed by atoms with Crippen molar-refractivity contribution in [1.29, 1.82) is 0 Å². The second-order valence-corrected chi connectivity index (χ2v) is 9.12. The molecule has 1 saturated carbocycles. The van der Waals surface area contributed by atoms with E-state index in [0.29, 0.717) is 35.0 Å². The Bertz CT molecular complexity index is 1230. The van der Waals surface area contributed by atoms with Gasteiger partial charge in [0.2, 0.25) is 10.6 Å². The summed E-state index contributed by atoms with van der Waals surface area (Å²) in [6, 6.07) is 13.8. The number of thiazole rings is 1. The van der Waals surface area contributed by atoms with Crippen LogP contribution in [0.15, 0.2) is 70.1 Å². The molecule has 3 atom stereocenters. The Morgan fingerprint density at radius 2 is 1.73 bits per heavy atom. The Balaban J connectivity index is 1.62. The van der Waals surface area contributed by atoms with Gasteiger partial charge in [-0.1, -0.05) is 30.4 Å². The zero-order valence-corrected chi connectivity index (χ0v) is 19.8. The average molecular weight is 462 g/mol. The quantitative estimate of drug-likeness (QED) is 0.344. The summed E-state index contributed by atoms with van der Waals surface area (Å²) in [5.41, 5.74) is 2.73. The lowest BCUT2D eigenvalue weighted by Gasteiger charge is -2.15. The van der Waals surface area contributed by atoms with Gasteiger partial charge in [0, 0.05) is 23.1 Å². The van der Waals surface area contributed by atoms with Crippen LogP contribution in [-0.4, -0.2) is 32.2 Å². The SMILES string of the molecule is COc1cc(-c2csc(=Nc3ccccc3)n2N=CC2CC3C=CC2C3)cc(OC)c1OC. The summed E-state index contributed by atoms with van der Waals surface area (Å²) in [6.45, 7) is 0. The highest BCUT2D eigenvalue weighted by Gasteiger charge is 2.34. The van der Waals surface area contributed by atoms with Gasteiger partial charge in [-0.15, -0.1) is 11.3 Å². The van der Waals surface area contributed by atoms with Crippen LogP contribution in [0, 0.1) is 17.8 Å². The van der Waals surface area contributed by atoms with Crippen molar-refractivity contribution in [3.8, 4) is 28.5 Å². The standard InChI is InChI=1S/C26H27N3O3S/c1-30-23-13-19(14-24(31-2)25(23)32-3)22-16-33-26(28-21-7-5-4-6-8-21)29(22)27-15-20-12-17-9-10-18(20)11-17/h4-10,13-18,20H,11-12H2,1-3H3. The summed E-state index contributed by atoms with van der Waals surface area (Å²) in [6.07, 6.45) is 9.21. The first-order valence-corrected chi connectivity index (χ1v) is 11.9. The topological polar surface area (TPSA) is 57.3 Å². The summed E-state index contributed by atoms with van der Waals surface area (Å²) in [7, 11) is 4.86. The lowest BCUT2D eigenvalue weighted by molar-refractivity contribution is 0.324. The van der Waals surface area contributed by atoms with Crippen LogP contribution < -0.4 is 19.0 Å². The van der Waals surface area contributed by atoms with Crippen molar-refractivity contribution in [2.24, 2.45) is 27.8 Å². The lowest BCUT2D eigenvalue weighted by Crippen LogP contribution is -2.15. The van der Waals surface area contributed by atoms with Crippen molar-refractivity contribution in [2.45, 2.75) is 12.8 Å². The monoisotopic (exact) mass is 461 g/mol. The Kier molecular flexibility index (Phi) is 6.05. The molecule has 170 valence electrons. The molecule has 0 radical (unpaired) electrons. The highest BCUT2D eigenvalue weighted by atomic mass is 32.1. The second kappa shape index (κ2) is 9.27.